The van der Waals surface area contributed by atoms with Gasteiger partial charge in [0.15, 0.2) is 5.69 Å². The topological polar surface area (TPSA) is 70.1 Å². The van der Waals surface area contributed by atoms with Crippen LogP contribution in [0.25, 0.3) is 5.69 Å². The Balaban J connectivity index is 2.15. The molecule has 1 atom stereocenters. The summed E-state index contributed by atoms with van der Waals surface area (Å²) in [5, 5.41) is 3.34. The van der Waals surface area contributed by atoms with Crippen molar-refractivity contribution in [3.63, 3.8) is 0 Å². The third kappa shape index (κ3) is 3.74. The molecule has 0 aliphatic heterocycles. The summed E-state index contributed by atoms with van der Waals surface area (Å²) in [6.07, 6.45) is -5.42. The first kappa shape index (κ1) is 19.6. The molecular weight excluding hydrogens is 378 g/mol. The maximum Gasteiger partial charge on any atom is 0.435 e. The van der Waals surface area contributed by atoms with Crippen LogP contribution in [0.2, 0.25) is 0 Å². The number of hydrogen-bond donors (Lipinski definition) is 1. The zero-order valence-corrected chi connectivity index (χ0v) is 14.6. The minimum Gasteiger partial charge on any atom is -0.372 e. The van der Waals surface area contributed by atoms with E-state index in [1.165, 1.54) is 19.2 Å². The van der Waals surface area contributed by atoms with Gasteiger partial charge in [0.1, 0.15) is 23.3 Å². The van der Waals surface area contributed by atoms with Gasteiger partial charge in [0.05, 0.1) is 0 Å². The highest BCUT2D eigenvalue weighted by molar-refractivity contribution is 5.91. The van der Waals surface area contributed by atoms with Gasteiger partial charge < -0.3 is 10.5 Å². The average molecular weight is 393 g/mol. The number of methoxy groups -OCH3 is 1. The van der Waals surface area contributed by atoms with Crippen molar-refractivity contribution in [2.75, 3.05) is 7.11 Å². The molecule has 5 nitrogen and oxygen atoms in total. The molecule has 2 aromatic carbocycles. The lowest BCUT2D eigenvalue weighted by molar-refractivity contribution is -0.141. The smallest absolute Gasteiger partial charge is 0.372 e. The second kappa shape index (κ2) is 7.43. The number of carbonyl (C=O) groups excluding carboxylic acids is 1. The standard InChI is InChI=1S/C19H15F4N3O2/c1-28-17(11-5-3-2-4-6-11)12-7-8-13(20)14(9-12)26-15(18(24)27)10-16(25-26)19(21,22)23/h2-10,17H,1H3,(H2,24,27). The number of aromatic nitrogens is 2. The van der Waals surface area contributed by atoms with Gasteiger partial charge in [-0.3, -0.25) is 4.79 Å². The number of alkyl halides is 3. The molecule has 0 saturated heterocycles. The van der Waals surface area contributed by atoms with Crippen molar-refractivity contribution in [2.24, 2.45) is 5.73 Å². The van der Waals surface area contributed by atoms with Crippen LogP contribution in [0.5, 0.6) is 0 Å². The lowest BCUT2D eigenvalue weighted by Gasteiger charge is -2.18. The molecule has 3 aromatic rings. The number of carbonyl (C=O) groups is 1. The fourth-order valence-electron chi connectivity index (χ4n) is 2.83. The number of nitrogens with zero attached hydrogens (tertiary/aromatic N) is 2. The highest BCUT2D eigenvalue weighted by Crippen LogP contribution is 2.32. The Bertz CT molecular complexity index is 1000. The van der Waals surface area contributed by atoms with Crippen LogP contribution >= 0.6 is 0 Å². The van der Waals surface area contributed by atoms with Crippen molar-refractivity contribution in [3.05, 3.63) is 82.9 Å². The quantitative estimate of drug-likeness (QED) is 0.669. The Morgan fingerprint density at radius 2 is 1.79 bits per heavy atom. The van der Waals surface area contributed by atoms with E-state index in [-0.39, 0.29) is 5.69 Å². The molecule has 0 aliphatic rings. The maximum atomic E-state index is 14.4. The molecule has 0 saturated carbocycles. The summed E-state index contributed by atoms with van der Waals surface area (Å²) in [5.74, 6) is -2.04. The van der Waals surface area contributed by atoms with Crippen LogP contribution in [0, 0.1) is 5.82 Å². The molecule has 0 fully saturated rings. The summed E-state index contributed by atoms with van der Waals surface area (Å²) in [7, 11) is 1.45. The minimum absolute atomic E-state index is 0.347. The number of ether oxygens (including phenoxy) is 1. The predicted molar refractivity (Wildman–Crippen MR) is 92.3 cm³/mol. The molecule has 1 heterocycles. The number of nitrogens with two attached hydrogens (primary N) is 1. The zero-order chi connectivity index (χ0) is 20.5. The maximum absolute atomic E-state index is 14.4. The lowest BCUT2D eigenvalue weighted by Crippen LogP contribution is -2.17. The Kier molecular flexibility index (Phi) is 5.19. The molecule has 0 radical (unpaired) electrons. The van der Waals surface area contributed by atoms with Gasteiger partial charge in [-0.15, -0.1) is 0 Å². The van der Waals surface area contributed by atoms with E-state index in [1.54, 1.807) is 24.3 Å². The zero-order valence-electron chi connectivity index (χ0n) is 14.6. The average Bonchev–Trinajstić information content (AvgIpc) is 3.10. The van der Waals surface area contributed by atoms with Gasteiger partial charge in [-0.2, -0.15) is 18.3 Å². The number of primary amides is 1. The number of benzene rings is 2. The van der Waals surface area contributed by atoms with Gasteiger partial charge in [0.25, 0.3) is 5.91 Å². The summed E-state index contributed by atoms with van der Waals surface area (Å²) in [6, 6.07) is 13.3. The van der Waals surface area contributed by atoms with Crippen LogP contribution in [0.1, 0.15) is 33.4 Å². The molecule has 2 N–H and O–H groups in total. The third-order valence-corrected chi connectivity index (χ3v) is 4.09. The molecule has 1 amide bonds. The molecule has 0 spiro atoms. The summed E-state index contributed by atoms with van der Waals surface area (Å²) >= 11 is 0. The van der Waals surface area contributed by atoms with Crippen LogP contribution < -0.4 is 5.73 Å². The van der Waals surface area contributed by atoms with Gasteiger partial charge in [-0.25, -0.2) is 9.07 Å². The molecule has 0 bridgehead atoms. The van der Waals surface area contributed by atoms with Crippen molar-refractivity contribution in [1.82, 2.24) is 9.78 Å². The Morgan fingerprint density at radius 3 is 2.36 bits per heavy atom. The van der Waals surface area contributed by atoms with Crippen molar-refractivity contribution in [1.29, 1.82) is 0 Å². The largest absolute Gasteiger partial charge is 0.435 e. The summed E-state index contributed by atoms with van der Waals surface area (Å²) < 4.78 is 59.5. The minimum atomic E-state index is -4.82. The van der Waals surface area contributed by atoms with Crippen LogP contribution in [-0.4, -0.2) is 22.8 Å². The van der Waals surface area contributed by atoms with E-state index < -0.39 is 35.4 Å². The van der Waals surface area contributed by atoms with E-state index in [0.29, 0.717) is 16.3 Å². The molecule has 1 unspecified atom stereocenters. The predicted octanol–water partition coefficient (Wildman–Crippen LogP) is 3.86. The summed E-state index contributed by atoms with van der Waals surface area (Å²) in [6.45, 7) is 0. The number of halogens is 4. The van der Waals surface area contributed by atoms with Crippen molar-refractivity contribution in [2.45, 2.75) is 12.3 Å². The van der Waals surface area contributed by atoms with E-state index in [9.17, 15) is 22.4 Å². The van der Waals surface area contributed by atoms with Gasteiger partial charge in [0.2, 0.25) is 0 Å². The van der Waals surface area contributed by atoms with Crippen molar-refractivity contribution >= 4 is 5.91 Å². The normalized spacial score (nSPS) is 12.8. The number of amides is 1. The highest BCUT2D eigenvalue weighted by atomic mass is 19.4. The third-order valence-electron chi connectivity index (χ3n) is 4.09. The highest BCUT2D eigenvalue weighted by Gasteiger charge is 2.36. The van der Waals surface area contributed by atoms with Gasteiger partial charge in [-0.05, 0) is 23.3 Å². The molecule has 146 valence electrons. The van der Waals surface area contributed by atoms with E-state index in [0.717, 1.165) is 11.6 Å². The fourth-order valence-corrected chi connectivity index (χ4v) is 2.83. The van der Waals surface area contributed by atoms with Gasteiger partial charge in [0, 0.05) is 13.2 Å². The summed E-state index contributed by atoms with van der Waals surface area (Å²) in [5.41, 5.74) is 4.10. The Morgan fingerprint density at radius 1 is 1.11 bits per heavy atom. The first-order chi connectivity index (χ1) is 13.2. The fraction of sp³-hybridized carbons (Fsp3) is 0.158. The van der Waals surface area contributed by atoms with Crippen LogP contribution in [0.4, 0.5) is 17.6 Å². The van der Waals surface area contributed by atoms with Crippen molar-refractivity contribution in [3.8, 4) is 5.69 Å². The van der Waals surface area contributed by atoms with E-state index >= 15 is 0 Å². The Labute approximate surface area is 157 Å². The van der Waals surface area contributed by atoms with Gasteiger partial charge >= 0.3 is 6.18 Å². The SMILES string of the molecule is COC(c1ccccc1)c1ccc(F)c(-n2nc(C(F)(F)F)cc2C(N)=O)c1. The molecule has 28 heavy (non-hydrogen) atoms. The molecule has 9 heteroatoms. The van der Waals surface area contributed by atoms with E-state index in [2.05, 4.69) is 5.10 Å². The lowest BCUT2D eigenvalue weighted by atomic mass is 10.0. The number of rotatable bonds is 5. The first-order valence-electron chi connectivity index (χ1n) is 8.07. The molecule has 3 rings (SSSR count). The van der Waals surface area contributed by atoms with Crippen LogP contribution in [-0.2, 0) is 10.9 Å². The molecule has 0 aliphatic carbocycles. The second-order valence-corrected chi connectivity index (χ2v) is 5.93. The Hall–Kier alpha value is -3.20. The molecule has 1 aromatic heterocycles. The van der Waals surface area contributed by atoms with Crippen molar-refractivity contribution < 1.29 is 27.1 Å². The van der Waals surface area contributed by atoms with Gasteiger partial charge in [-0.1, -0.05) is 36.4 Å². The van der Waals surface area contributed by atoms with Crippen LogP contribution in [0.15, 0.2) is 54.6 Å². The first-order valence-corrected chi connectivity index (χ1v) is 8.07. The van der Waals surface area contributed by atoms with E-state index in [4.69, 9.17) is 10.5 Å². The summed E-state index contributed by atoms with van der Waals surface area (Å²) in [4.78, 5) is 11.6. The van der Waals surface area contributed by atoms with Crippen LogP contribution in [0.3, 0.4) is 0 Å². The van der Waals surface area contributed by atoms with E-state index in [1.807, 2.05) is 6.07 Å². The monoisotopic (exact) mass is 393 g/mol. The second-order valence-electron chi connectivity index (χ2n) is 5.93. The number of hydrogen-bond acceptors (Lipinski definition) is 3. The molecular formula is C19H15F4N3O2.